The van der Waals surface area contributed by atoms with Gasteiger partial charge in [0.05, 0.1) is 5.56 Å². The van der Waals surface area contributed by atoms with Gasteiger partial charge in [0.2, 0.25) is 0 Å². The van der Waals surface area contributed by atoms with E-state index >= 15 is 0 Å². The van der Waals surface area contributed by atoms with Gasteiger partial charge in [0.1, 0.15) is 0 Å². The van der Waals surface area contributed by atoms with Crippen molar-refractivity contribution >= 4 is 11.6 Å². The summed E-state index contributed by atoms with van der Waals surface area (Å²) in [6.07, 6.45) is 1.96. The molecule has 1 heterocycles. The smallest absolute Gasteiger partial charge is 0.255 e. The third-order valence-corrected chi connectivity index (χ3v) is 4.88. The molecule has 0 spiro atoms. The first-order chi connectivity index (χ1) is 11.6. The molecule has 126 valence electrons. The van der Waals surface area contributed by atoms with Crippen LogP contribution in [-0.2, 0) is 6.54 Å². The molecule has 4 heteroatoms. The summed E-state index contributed by atoms with van der Waals surface area (Å²) in [6, 6.07) is 14.1. The van der Waals surface area contributed by atoms with Crippen LogP contribution in [0.5, 0.6) is 0 Å². The number of likely N-dealkylation sites (tertiary alicyclic amines) is 1. The van der Waals surface area contributed by atoms with Crippen molar-refractivity contribution in [1.29, 1.82) is 0 Å². The van der Waals surface area contributed by atoms with Crippen molar-refractivity contribution in [2.24, 2.45) is 5.73 Å². The molecule has 4 N–H and O–H groups in total. The van der Waals surface area contributed by atoms with E-state index in [2.05, 4.69) is 24.3 Å². The molecule has 0 bridgehead atoms. The molecule has 1 amide bonds. The molecule has 1 aliphatic heterocycles. The number of rotatable bonds is 3. The standard InChI is InChI=1S/C20H25N3O/c1-14-5-6-19(22)18(11-14)20(24)23-9-7-16(8-10-23)17-4-2-3-15(12-17)13-21/h2-6,11-12,16H,7-10,13,21-22H2,1H3. The van der Waals surface area contributed by atoms with E-state index in [0.29, 0.717) is 23.7 Å². The summed E-state index contributed by atoms with van der Waals surface area (Å²) in [6.45, 7) is 4.08. The van der Waals surface area contributed by atoms with Gasteiger partial charge >= 0.3 is 0 Å². The maximum Gasteiger partial charge on any atom is 0.255 e. The largest absolute Gasteiger partial charge is 0.398 e. The van der Waals surface area contributed by atoms with Crippen molar-refractivity contribution in [2.45, 2.75) is 32.2 Å². The molecule has 2 aromatic carbocycles. The van der Waals surface area contributed by atoms with Gasteiger partial charge in [-0.1, -0.05) is 35.9 Å². The number of nitrogens with zero attached hydrogens (tertiary/aromatic N) is 1. The quantitative estimate of drug-likeness (QED) is 0.853. The lowest BCUT2D eigenvalue weighted by Crippen LogP contribution is -2.38. The second-order valence-electron chi connectivity index (χ2n) is 6.61. The number of anilines is 1. The summed E-state index contributed by atoms with van der Waals surface area (Å²) in [5.41, 5.74) is 16.5. The predicted octanol–water partition coefficient (Wildman–Crippen LogP) is 3.06. The van der Waals surface area contributed by atoms with E-state index < -0.39 is 0 Å². The molecule has 0 unspecified atom stereocenters. The molecule has 0 atom stereocenters. The Bertz CT molecular complexity index is 733. The zero-order valence-corrected chi connectivity index (χ0v) is 14.2. The van der Waals surface area contributed by atoms with E-state index in [1.807, 2.05) is 30.0 Å². The van der Waals surface area contributed by atoms with E-state index in [0.717, 1.165) is 31.5 Å². The maximum absolute atomic E-state index is 12.7. The lowest BCUT2D eigenvalue weighted by atomic mass is 9.88. The van der Waals surface area contributed by atoms with Gasteiger partial charge in [-0.2, -0.15) is 0 Å². The molecule has 3 rings (SSSR count). The number of hydrogen-bond donors (Lipinski definition) is 2. The van der Waals surface area contributed by atoms with Crippen LogP contribution >= 0.6 is 0 Å². The summed E-state index contributed by atoms with van der Waals surface area (Å²) < 4.78 is 0. The van der Waals surface area contributed by atoms with Gasteiger partial charge in [-0.15, -0.1) is 0 Å². The molecule has 0 radical (unpaired) electrons. The number of hydrogen-bond acceptors (Lipinski definition) is 3. The lowest BCUT2D eigenvalue weighted by Gasteiger charge is -2.32. The molecule has 2 aromatic rings. The van der Waals surface area contributed by atoms with E-state index in [1.54, 1.807) is 0 Å². The molecular formula is C20H25N3O. The van der Waals surface area contributed by atoms with Gasteiger partial charge in [0, 0.05) is 25.3 Å². The van der Waals surface area contributed by atoms with Crippen LogP contribution in [0.4, 0.5) is 5.69 Å². The fourth-order valence-electron chi connectivity index (χ4n) is 3.42. The molecule has 24 heavy (non-hydrogen) atoms. The Balaban J connectivity index is 1.68. The second kappa shape index (κ2) is 7.05. The van der Waals surface area contributed by atoms with E-state index in [4.69, 9.17) is 11.5 Å². The Hall–Kier alpha value is -2.33. The average molecular weight is 323 g/mol. The number of benzene rings is 2. The fraction of sp³-hybridized carbons (Fsp3) is 0.350. The summed E-state index contributed by atoms with van der Waals surface area (Å²) in [5.74, 6) is 0.542. The lowest BCUT2D eigenvalue weighted by molar-refractivity contribution is 0.0714. The SMILES string of the molecule is Cc1ccc(N)c(C(=O)N2CCC(c3cccc(CN)c3)CC2)c1. The first kappa shape index (κ1) is 16.5. The van der Waals surface area contributed by atoms with Crippen molar-refractivity contribution in [3.63, 3.8) is 0 Å². The monoisotopic (exact) mass is 323 g/mol. The normalized spacial score (nSPS) is 15.5. The Morgan fingerprint density at radius 3 is 2.62 bits per heavy atom. The molecular weight excluding hydrogens is 298 g/mol. The summed E-state index contributed by atoms with van der Waals surface area (Å²) in [5, 5.41) is 0. The van der Waals surface area contributed by atoms with Crippen molar-refractivity contribution in [2.75, 3.05) is 18.8 Å². The van der Waals surface area contributed by atoms with Crippen molar-refractivity contribution < 1.29 is 4.79 Å². The predicted molar refractivity (Wildman–Crippen MR) is 97.8 cm³/mol. The fourth-order valence-corrected chi connectivity index (χ4v) is 3.42. The molecule has 1 fully saturated rings. The van der Waals surface area contributed by atoms with Crippen molar-refractivity contribution in [3.8, 4) is 0 Å². The van der Waals surface area contributed by atoms with Gasteiger partial charge in [-0.3, -0.25) is 4.79 Å². The van der Waals surface area contributed by atoms with Gasteiger partial charge in [0.25, 0.3) is 5.91 Å². The van der Waals surface area contributed by atoms with Crippen LogP contribution < -0.4 is 11.5 Å². The van der Waals surface area contributed by atoms with Crippen LogP contribution in [-0.4, -0.2) is 23.9 Å². The second-order valence-corrected chi connectivity index (χ2v) is 6.61. The van der Waals surface area contributed by atoms with Crippen LogP contribution in [0.15, 0.2) is 42.5 Å². The number of carbonyl (C=O) groups excluding carboxylic acids is 1. The molecule has 0 saturated carbocycles. The maximum atomic E-state index is 12.7. The molecule has 0 aromatic heterocycles. The number of nitrogen functional groups attached to an aromatic ring is 1. The van der Waals surface area contributed by atoms with Crippen LogP contribution in [0.2, 0.25) is 0 Å². The Morgan fingerprint density at radius 1 is 1.17 bits per heavy atom. The first-order valence-corrected chi connectivity index (χ1v) is 8.53. The zero-order chi connectivity index (χ0) is 17.1. The third kappa shape index (κ3) is 3.44. The Morgan fingerprint density at radius 2 is 1.92 bits per heavy atom. The molecule has 1 aliphatic rings. The van der Waals surface area contributed by atoms with E-state index in [-0.39, 0.29) is 5.91 Å². The zero-order valence-electron chi connectivity index (χ0n) is 14.2. The number of aryl methyl sites for hydroxylation is 1. The van der Waals surface area contributed by atoms with Gasteiger partial charge in [-0.05, 0) is 48.9 Å². The van der Waals surface area contributed by atoms with Gasteiger partial charge in [0.15, 0.2) is 0 Å². The van der Waals surface area contributed by atoms with Crippen LogP contribution in [0.3, 0.4) is 0 Å². The topological polar surface area (TPSA) is 72.4 Å². The van der Waals surface area contributed by atoms with Crippen LogP contribution in [0.1, 0.15) is 45.8 Å². The third-order valence-electron chi connectivity index (χ3n) is 4.88. The number of carbonyl (C=O) groups is 1. The van der Waals surface area contributed by atoms with Crippen molar-refractivity contribution in [3.05, 3.63) is 64.7 Å². The summed E-state index contributed by atoms with van der Waals surface area (Å²) in [4.78, 5) is 14.7. The minimum Gasteiger partial charge on any atom is -0.398 e. The molecule has 1 saturated heterocycles. The number of nitrogens with two attached hydrogens (primary N) is 2. The number of amides is 1. The average Bonchev–Trinajstić information content (AvgIpc) is 2.63. The highest BCUT2D eigenvalue weighted by Crippen LogP contribution is 2.29. The highest BCUT2D eigenvalue weighted by molar-refractivity contribution is 5.99. The minimum atomic E-state index is 0.0466. The summed E-state index contributed by atoms with van der Waals surface area (Å²) >= 11 is 0. The van der Waals surface area contributed by atoms with Crippen LogP contribution in [0.25, 0.3) is 0 Å². The highest BCUT2D eigenvalue weighted by atomic mass is 16.2. The van der Waals surface area contributed by atoms with E-state index in [1.165, 1.54) is 11.1 Å². The van der Waals surface area contributed by atoms with Crippen molar-refractivity contribution in [1.82, 2.24) is 4.90 Å². The Kier molecular flexibility index (Phi) is 4.86. The number of piperidine rings is 1. The van der Waals surface area contributed by atoms with Gasteiger partial charge in [-0.25, -0.2) is 0 Å². The molecule has 4 nitrogen and oxygen atoms in total. The van der Waals surface area contributed by atoms with Gasteiger partial charge < -0.3 is 16.4 Å². The summed E-state index contributed by atoms with van der Waals surface area (Å²) in [7, 11) is 0. The molecule has 0 aliphatic carbocycles. The first-order valence-electron chi connectivity index (χ1n) is 8.53. The highest BCUT2D eigenvalue weighted by Gasteiger charge is 2.25. The van der Waals surface area contributed by atoms with E-state index in [9.17, 15) is 4.79 Å². The minimum absolute atomic E-state index is 0.0466. The Labute approximate surface area is 143 Å². The van der Waals surface area contributed by atoms with Crippen LogP contribution in [0, 0.1) is 6.92 Å².